The lowest BCUT2D eigenvalue weighted by Crippen LogP contribution is -2.00. The molecule has 0 aliphatic rings. The van der Waals surface area contributed by atoms with Crippen LogP contribution in [0.4, 0.5) is 11.4 Å². The molecule has 1 heterocycles. The number of aromatic nitrogens is 1. The Morgan fingerprint density at radius 2 is 1.74 bits per heavy atom. The number of nitrogen functional groups attached to an aromatic ring is 1. The predicted molar refractivity (Wildman–Crippen MR) is 79.9 cm³/mol. The number of hydrogen-bond acceptors (Lipinski definition) is 3. The van der Waals surface area contributed by atoms with Crippen LogP contribution in [0.2, 0.25) is 0 Å². The summed E-state index contributed by atoms with van der Waals surface area (Å²) in [5.74, 6) is 0. The molecule has 3 nitrogen and oxygen atoms in total. The molecule has 3 rings (SSSR count). The molecule has 0 unspecified atom stereocenters. The van der Waals surface area contributed by atoms with E-state index in [1.165, 1.54) is 5.56 Å². The molecule has 0 bridgehead atoms. The van der Waals surface area contributed by atoms with Gasteiger partial charge in [0.25, 0.3) is 0 Å². The molecule has 0 saturated carbocycles. The number of benzene rings is 2. The maximum Gasteiger partial charge on any atom is 0.0722 e. The van der Waals surface area contributed by atoms with Crippen LogP contribution in [-0.4, -0.2) is 4.98 Å². The molecule has 0 atom stereocenters. The van der Waals surface area contributed by atoms with E-state index in [4.69, 9.17) is 5.73 Å². The summed E-state index contributed by atoms with van der Waals surface area (Å²) in [5, 5.41) is 4.58. The summed E-state index contributed by atoms with van der Waals surface area (Å²) in [7, 11) is 0. The van der Waals surface area contributed by atoms with Crippen molar-refractivity contribution in [2.75, 3.05) is 11.1 Å². The van der Waals surface area contributed by atoms with Gasteiger partial charge in [-0.15, -0.1) is 0 Å². The summed E-state index contributed by atoms with van der Waals surface area (Å²) in [6.45, 7) is 0.772. The number of nitrogens with two attached hydrogens (primary N) is 1. The van der Waals surface area contributed by atoms with Gasteiger partial charge >= 0.3 is 0 Å². The summed E-state index contributed by atoms with van der Waals surface area (Å²) in [6.07, 6.45) is 1.83. The Labute approximate surface area is 112 Å². The van der Waals surface area contributed by atoms with Crippen LogP contribution >= 0.6 is 0 Å². The zero-order chi connectivity index (χ0) is 13.1. The van der Waals surface area contributed by atoms with Crippen LogP contribution < -0.4 is 11.1 Å². The maximum absolute atomic E-state index is 5.68. The predicted octanol–water partition coefficient (Wildman–Crippen LogP) is 3.43. The van der Waals surface area contributed by atoms with Crippen molar-refractivity contribution in [3.63, 3.8) is 0 Å². The molecule has 94 valence electrons. The van der Waals surface area contributed by atoms with Gasteiger partial charge in [0.2, 0.25) is 0 Å². The van der Waals surface area contributed by atoms with Gasteiger partial charge in [0, 0.05) is 29.5 Å². The number of para-hydroxylation sites is 1. The Morgan fingerprint density at radius 3 is 2.58 bits per heavy atom. The Morgan fingerprint density at radius 1 is 0.947 bits per heavy atom. The summed E-state index contributed by atoms with van der Waals surface area (Å²) in [5.41, 5.74) is 9.78. The molecular formula is C16H15N3. The third-order valence-electron chi connectivity index (χ3n) is 3.11. The van der Waals surface area contributed by atoms with Crippen LogP contribution in [0.5, 0.6) is 0 Å². The highest BCUT2D eigenvalue weighted by molar-refractivity contribution is 5.90. The first-order valence-corrected chi connectivity index (χ1v) is 6.25. The number of rotatable bonds is 3. The molecule has 0 aliphatic heterocycles. The van der Waals surface area contributed by atoms with E-state index in [1.807, 2.05) is 54.7 Å². The van der Waals surface area contributed by atoms with E-state index in [9.17, 15) is 0 Å². The molecule has 0 spiro atoms. The minimum absolute atomic E-state index is 0.772. The molecule has 3 aromatic rings. The van der Waals surface area contributed by atoms with Gasteiger partial charge < -0.3 is 11.1 Å². The Kier molecular flexibility index (Phi) is 3.02. The molecule has 0 fully saturated rings. The van der Waals surface area contributed by atoms with Crippen LogP contribution in [-0.2, 0) is 6.54 Å². The molecule has 1 aromatic heterocycles. The molecule has 0 amide bonds. The quantitative estimate of drug-likeness (QED) is 0.699. The first kappa shape index (κ1) is 11.5. The molecule has 3 heteroatoms. The fraction of sp³-hybridized carbons (Fsp3) is 0.0625. The number of nitrogens with one attached hydrogen (secondary N) is 1. The lowest BCUT2D eigenvalue weighted by atomic mass is 10.1. The molecular weight excluding hydrogens is 234 g/mol. The van der Waals surface area contributed by atoms with Crippen LogP contribution in [0.25, 0.3) is 10.9 Å². The van der Waals surface area contributed by atoms with Crippen molar-refractivity contribution < 1.29 is 0 Å². The second kappa shape index (κ2) is 4.98. The van der Waals surface area contributed by atoms with E-state index in [0.717, 1.165) is 28.8 Å². The highest BCUT2D eigenvalue weighted by Crippen LogP contribution is 2.21. The third kappa shape index (κ3) is 2.50. The highest BCUT2D eigenvalue weighted by Gasteiger charge is 2.00. The largest absolute Gasteiger partial charge is 0.399 e. The van der Waals surface area contributed by atoms with Gasteiger partial charge in [-0.25, -0.2) is 0 Å². The van der Waals surface area contributed by atoms with E-state index in [0.29, 0.717) is 0 Å². The van der Waals surface area contributed by atoms with Gasteiger partial charge in [0.05, 0.1) is 5.52 Å². The van der Waals surface area contributed by atoms with Crippen LogP contribution in [0, 0.1) is 0 Å². The van der Waals surface area contributed by atoms with Gasteiger partial charge in [-0.2, -0.15) is 0 Å². The summed E-state index contributed by atoms with van der Waals surface area (Å²) < 4.78 is 0. The molecule has 0 radical (unpaired) electrons. The van der Waals surface area contributed by atoms with E-state index < -0.39 is 0 Å². The van der Waals surface area contributed by atoms with Crippen LogP contribution in [0.15, 0.2) is 60.8 Å². The lowest BCUT2D eigenvalue weighted by Gasteiger charge is -2.09. The molecule has 0 aliphatic carbocycles. The first-order valence-electron chi connectivity index (χ1n) is 6.25. The Bertz CT molecular complexity index is 684. The molecule has 19 heavy (non-hydrogen) atoms. The Balaban J connectivity index is 1.84. The number of fused-ring (bicyclic) bond motifs is 1. The van der Waals surface area contributed by atoms with E-state index in [1.54, 1.807) is 0 Å². The van der Waals surface area contributed by atoms with Crippen molar-refractivity contribution in [1.82, 2.24) is 4.98 Å². The normalized spacial score (nSPS) is 10.5. The van der Waals surface area contributed by atoms with Crippen molar-refractivity contribution >= 4 is 22.3 Å². The maximum atomic E-state index is 5.68. The topological polar surface area (TPSA) is 50.9 Å². The zero-order valence-corrected chi connectivity index (χ0v) is 10.5. The lowest BCUT2D eigenvalue weighted by molar-refractivity contribution is 1.15. The first-order chi connectivity index (χ1) is 9.33. The fourth-order valence-electron chi connectivity index (χ4n) is 2.08. The minimum Gasteiger partial charge on any atom is -0.399 e. The van der Waals surface area contributed by atoms with E-state index in [-0.39, 0.29) is 0 Å². The highest BCUT2D eigenvalue weighted by atomic mass is 14.9. The SMILES string of the molecule is Nc1ccc(CNc2ccnc3ccccc23)cc1. The second-order valence-corrected chi connectivity index (χ2v) is 4.47. The average molecular weight is 249 g/mol. The van der Waals surface area contributed by atoms with Crippen LogP contribution in [0.1, 0.15) is 5.56 Å². The number of anilines is 2. The summed E-state index contributed by atoms with van der Waals surface area (Å²) in [6, 6.07) is 18.0. The molecule has 2 aromatic carbocycles. The molecule has 0 saturated heterocycles. The van der Waals surface area contributed by atoms with E-state index >= 15 is 0 Å². The smallest absolute Gasteiger partial charge is 0.0722 e. The van der Waals surface area contributed by atoms with Gasteiger partial charge in [0.1, 0.15) is 0 Å². The van der Waals surface area contributed by atoms with Gasteiger partial charge in [-0.1, -0.05) is 30.3 Å². The number of nitrogens with zero attached hydrogens (tertiary/aromatic N) is 1. The minimum atomic E-state index is 0.772. The summed E-state index contributed by atoms with van der Waals surface area (Å²) >= 11 is 0. The zero-order valence-electron chi connectivity index (χ0n) is 10.5. The number of hydrogen-bond donors (Lipinski definition) is 2. The Hall–Kier alpha value is -2.55. The van der Waals surface area contributed by atoms with Gasteiger partial charge in [-0.05, 0) is 29.8 Å². The standard InChI is InChI=1S/C16H15N3/c17-13-7-5-12(6-8-13)11-19-16-9-10-18-15-4-2-1-3-14(15)16/h1-10H,11,17H2,(H,18,19). The van der Waals surface area contributed by atoms with Crippen LogP contribution in [0.3, 0.4) is 0 Å². The van der Waals surface area contributed by atoms with Crippen molar-refractivity contribution in [1.29, 1.82) is 0 Å². The van der Waals surface area contributed by atoms with Crippen molar-refractivity contribution in [2.24, 2.45) is 0 Å². The van der Waals surface area contributed by atoms with Crippen molar-refractivity contribution in [2.45, 2.75) is 6.54 Å². The number of pyridine rings is 1. The monoisotopic (exact) mass is 249 g/mol. The average Bonchev–Trinajstić information content (AvgIpc) is 2.47. The van der Waals surface area contributed by atoms with Gasteiger partial charge in [0.15, 0.2) is 0 Å². The van der Waals surface area contributed by atoms with Crippen molar-refractivity contribution in [3.05, 3.63) is 66.4 Å². The van der Waals surface area contributed by atoms with E-state index in [2.05, 4.69) is 16.4 Å². The third-order valence-corrected chi connectivity index (χ3v) is 3.11. The van der Waals surface area contributed by atoms with Gasteiger partial charge in [-0.3, -0.25) is 4.98 Å². The molecule has 3 N–H and O–H groups in total. The summed E-state index contributed by atoms with van der Waals surface area (Å²) in [4.78, 5) is 4.35. The van der Waals surface area contributed by atoms with Crippen molar-refractivity contribution in [3.8, 4) is 0 Å². The fourth-order valence-corrected chi connectivity index (χ4v) is 2.08. The second-order valence-electron chi connectivity index (χ2n) is 4.47.